The Kier molecular flexibility index (Phi) is 4.85. The molecule has 1 aliphatic rings. The summed E-state index contributed by atoms with van der Waals surface area (Å²) < 4.78 is 10.9. The number of methoxy groups -OCH3 is 1. The fraction of sp³-hybridized carbons (Fsp3) is 0.438. The van der Waals surface area contributed by atoms with E-state index in [2.05, 4.69) is 16.4 Å². The quantitative estimate of drug-likeness (QED) is 0.890. The van der Waals surface area contributed by atoms with Crippen molar-refractivity contribution in [3.63, 3.8) is 0 Å². The predicted molar refractivity (Wildman–Crippen MR) is 84.8 cm³/mol. The number of aromatic nitrogens is 1. The Morgan fingerprint density at radius 3 is 3.24 bits per heavy atom. The third-order valence-electron chi connectivity index (χ3n) is 3.58. The number of nitrogens with one attached hydrogen (secondary N) is 1. The second-order valence-corrected chi connectivity index (χ2v) is 6.23. The Morgan fingerprint density at radius 2 is 2.43 bits per heavy atom. The number of hydrogen-bond acceptors (Lipinski definition) is 5. The van der Waals surface area contributed by atoms with Gasteiger partial charge in [-0.1, -0.05) is 12.1 Å². The van der Waals surface area contributed by atoms with Gasteiger partial charge < -0.3 is 14.8 Å². The minimum Gasteiger partial charge on any atom is -0.497 e. The molecule has 0 saturated carbocycles. The maximum atomic E-state index is 5.60. The summed E-state index contributed by atoms with van der Waals surface area (Å²) in [5, 5.41) is 4.53. The van der Waals surface area contributed by atoms with Crippen LogP contribution >= 0.6 is 11.3 Å². The van der Waals surface area contributed by atoms with Gasteiger partial charge in [0, 0.05) is 25.9 Å². The summed E-state index contributed by atoms with van der Waals surface area (Å²) >= 11 is 1.72. The zero-order valence-corrected chi connectivity index (χ0v) is 13.0. The van der Waals surface area contributed by atoms with Crippen LogP contribution in [0.4, 0.5) is 0 Å². The molecule has 0 spiro atoms. The van der Waals surface area contributed by atoms with Crippen molar-refractivity contribution in [1.82, 2.24) is 10.3 Å². The Morgan fingerprint density at radius 1 is 1.48 bits per heavy atom. The number of hydrogen-bond donors (Lipinski definition) is 1. The fourth-order valence-corrected chi connectivity index (χ4v) is 3.33. The third kappa shape index (κ3) is 3.81. The number of nitrogens with zero attached hydrogens (tertiary/aromatic N) is 1. The summed E-state index contributed by atoms with van der Waals surface area (Å²) in [6.07, 6.45) is 4.66. The first kappa shape index (κ1) is 14.5. The number of ether oxygens (including phenoxy) is 2. The maximum Gasteiger partial charge on any atom is 0.119 e. The van der Waals surface area contributed by atoms with E-state index in [1.54, 1.807) is 18.4 Å². The number of thiazole rings is 1. The zero-order chi connectivity index (χ0) is 14.5. The van der Waals surface area contributed by atoms with Gasteiger partial charge in [-0.2, -0.15) is 0 Å². The summed E-state index contributed by atoms with van der Waals surface area (Å²) in [6.45, 7) is 2.62. The van der Waals surface area contributed by atoms with Crippen LogP contribution in [0.1, 0.15) is 17.8 Å². The van der Waals surface area contributed by atoms with Crippen molar-refractivity contribution in [2.45, 2.75) is 25.5 Å². The lowest BCUT2D eigenvalue weighted by Gasteiger charge is -2.09. The first-order valence-corrected chi connectivity index (χ1v) is 8.08. The Labute approximate surface area is 129 Å². The van der Waals surface area contributed by atoms with Crippen LogP contribution in [0.5, 0.6) is 5.75 Å². The molecule has 1 N–H and O–H groups in total. The monoisotopic (exact) mass is 304 g/mol. The topological polar surface area (TPSA) is 43.4 Å². The molecular formula is C16H20N2O2S. The van der Waals surface area contributed by atoms with Crippen molar-refractivity contribution in [2.24, 2.45) is 0 Å². The normalized spacial score (nSPS) is 18.0. The van der Waals surface area contributed by atoms with Crippen LogP contribution in [0.25, 0.3) is 10.4 Å². The molecular weight excluding hydrogens is 284 g/mol. The summed E-state index contributed by atoms with van der Waals surface area (Å²) in [6, 6.07) is 8.08. The highest BCUT2D eigenvalue weighted by molar-refractivity contribution is 7.15. The van der Waals surface area contributed by atoms with Crippen LogP contribution in [0.15, 0.2) is 30.5 Å². The minimum absolute atomic E-state index is 0.378. The largest absolute Gasteiger partial charge is 0.497 e. The van der Waals surface area contributed by atoms with Gasteiger partial charge in [0.25, 0.3) is 0 Å². The molecule has 0 radical (unpaired) electrons. The van der Waals surface area contributed by atoms with Crippen molar-refractivity contribution >= 4 is 11.3 Å². The van der Waals surface area contributed by atoms with E-state index in [0.717, 1.165) is 36.0 Å². The van der Waals surface area contributed by atoms with Gasteiger partial charge in [0.05, 0.1) is 18.1 Å². The van der Waals surface area contributed by atoms with Gasteiger partial charge in [-0.25, -0.2) is 4.98 Å². The molecule has 1 atom stereocenters. The van der Waals surface area contributed by atoms with Crippen LogP contribution in [0, 0.1) is 0 Å². The van der Waals surface area contributed by atoms with E-state index < -0.39 is 0 Å². The molecule has 1 saturated heterocycles. The van der Waals surface area contributed by atoms with E-state index in [1.165, 1.54) is 17.7 Å². The smallest absolute Gasteiger partial charge is 0.119 e. The van der Waals surface area contributed by atoms with Gasteiger partial charge >= 0.3 is 0 Å². The summed E-state index contributed by atoms with van der Waals surface area (Å²) in [7, 11) is 1.69. The highest BCUT2D eigenvalue weighted by Gasteiger charge is 2.14. The van der Waals surface area contributed by atoms with Crippen LogP contribution < -0.4 is 10.1 Å². The van der Waals surface area contributed by atoms with Crippen LogP contribution in [-0.2, 0) is 11.3 Å². The molecule has 5 heteroatoms. The van der Waals surface area contributed by atoms with E-state index >= 15 is 0 Å². The summed E-state index contributed by atoms with van der Waals surface area (Å²) in [5.41, 5.74) is 1.15. The SMILES string of the molecule is COc1cccc(-c2cnc(CNCC3CCCO3)s2)c1. The second-order valence-electron chi connectivity index (χ2n) is 5.12. The van der Waals surface area contributed by atoms with Crippen LogP contribution in [-0.4, -0.2) is 31.3 Å². The first-order valence-electron chi connectivity index (χ1n) is 7.26. The fourth-order valence-electron chi connectivity index (χ4n) is 2.45. The van der Waals surface area contributed by atoms with Crippen molar-refractivity contribution < 1.29 is 9.47 Å². The third-order valence-corrected chi connectivity index (χ3v) is 4.63. The lowest BCUT2D eigenvalue weighted by molar-refractivity contribution is 0.110. The van der Waals surface area contributed by atoms with Crippen molar-refractivity contribution in [3.05, 3.63) is 35.5 Å². The molecule has 2 aromatic rings. The van der Waals surface area contributed by atoms with Gasteiger partial charge in [0.1, 0.15) is 10.8 Å². The van der Waals surface area contributed by atoms with E-state index in [-0.39, 0.29) is 0 Å². The lowest BCUT2D eigenvalue weighted by Crippen LogP contribution is -2.25. The highest BCUT2D eigenvalue weighted by atomic mass is 32.1. The molecule has 112 valence electrons. The van der Waals surface area contributed by atoms with E-state index in [4.69, 9.17) is 9.47 Å². The molecule has 21 heavy (non-hydrogen) atoms. The van der Waals surface area contributed by atoms with Crippen molar-refractivity contribution in [1.29, 1.82) is 0 Å². The molecule has 1 aromatic carbocycles. The molecule has 0 amide bonds. The van der Waals surface area contributed by atoms with E-state index in [1.807, 2.05) is 24.4 Å². The number of rotatable bonds is 6. The Hall–Kier alpha value is -1.43. The highest BCUT2D eigenvalue weighted by Crippen LogP contribution is 2.28. The average Bonchev–Trinajstić information content (AvgIpc) is 3.19. The molecule has 0 aliphatic carbocycles. The van der Waals surface area contributed by atoms with Gasteiger partial charge in [0.15, 0.2) is 0 Å². The van der Waals surface area contributed by atoms with Gasteiger partial charge in [-0.05, 0) is 30.5 Å². The Bertz CT molecular complexity index is 579. The zero-order valence-electron chi connectivity index (χ0n) is 12.2. The standard InChI is InChI=1S/C16H20N2O2S/c1-19-13-5-2-4-12(8-13)15-10-18-16(21-15)11-17-9-14-6-3-7-20-14/h2,4-5,8,10,14,17H,3,6-7,9,11H2,1H3. The molecule has 0 bridgehead atoms. The van der Waals surface area contributed by atoms with Gasteiger partial charge in [-0.15, -0.1) is 11.3 Å². The predicted octanol–water partition coefficient (Wildman–Crippen LogP) is 3.09. The molecule has 2 heterocycles. The molecule has 1 aliphatic heterocycles. The van der Waals surface area contributed by atoms with Crippen molar-refractivity contribution in [3.8, 4) is 16.2 Å². The minimum atomic E-state index is 0.378. The average molecular weight is 304 g/mol. The summed E-state index contributed by atoms with van der Waals surface area (Å²) in [4.78, 5) is 5.66. The summed E-state index contributed by atoms with van der Waals surface area (Å²) in [5.74, 6) is 0.874. The van der Waals surface area contributed by atoms with E-state index in [9.17, 15) is 0 Å². The lowest BCUT2D eigenvalue weighted by atomic mass is 10.2. The second kappa shape index (κ2) is 7.02. The first-order chi connectivity index (χ1) is 10.3. The molecule has 3 rings (SSSR count). The van der Waals surface area contributed by atoms with Crippen molar-refractivity contribution in [2.75, 3.05) is 20.3 Å². The van der Waals surface area contributed by atoms with Crippen LogP contribution in [0.2, 0.25) is 0 Å². The molecule has 4 nitrogen and oxygen atoms in total. The number of benzene rings is 1. The van der Waals surface area contributed by atoms with Gasteiger partial charge in [0.2, 0.25) is 0 Å². The maximum absolute atomic E-state index is 5.60. The van der Waals surface area contributed by atoms with Gasteiger partial charge in [-0.3, -0.25) is 0 Å². The molecule has 1 aromatic heterocycles. The molecule has 1 fully saturated rings. The Balaban J connectivity index is 1.57. The van der Waals surface area contributed by atoms with Crippen LogP contribution in [0.3, 0.4) is 0 Å². The molecule has 1 unspecified atom stereocenters. The van der Waals surface area contributed by atoms with E-state index in [0.29, 0.717) is 6.10 Å².